The number of carbonyl (C=O) groups is 1. The minimum absolute atomic E-state index is 0.0599. The van der Waals surface area contributed by atoms with Gasteiger partial charge in [0, 0.05) is 24.9 Å². The maximum absolute atomic E-state index is 13.0. The molecule has 0 atom stereocenters. The SMILES string of the molecule is Cn1cc(-c2cc(F)cc(F)c2)cc1C(=O)O. The molecule has 0 fully saturated rings. The summed E-state index contributed by atoms with van der Waals surface area (Å²) < 4.78 is 27.4. The highest BCUT2D eigenvalue weighted by Crippen LogP contribution is 2.23. The summed E-state index contributed by atoms with van der Waals surface area (Å²) in [7, 11) is 1.56. The molecule has 0 spiro atoms. The Hall–Kier alpha value is -2.17. The van der Waals surface area contributed by atoms with Crippen molar-refractivity contribution in [2.24, 2.45) is 7.05 Å². The van der Waals surface area contributed by atoms with Crippen LogP contribution in [0.1, 0.15) is 10.5 Å². The number of hydrogen-bond acceptors (Lipinski definition) is 1. The summed E-state index contributed by atoms with van der Waals surface area (Å²) in [4.78, 5) is 10.8. The van der Waals surface area contributed by atoms with E-state index in [9.17, 15) is 13.6 Å². The summed E-state index contributed by atoms with van der Waals surface area (Å²) in [6.07, 6.45) is 1.51. The second-order valence-electron chi connectivity index (χ2n) is 3.69. The van der Waals surface area contributed by atoms with E-state index in [1.54, 1.807) is 7.05 Å². The van der Waals surface area contributed by atoms with Crippen LogP contribution in [0.5, 0.6) is 0 Å². The lowest BCUT2D eigenvalue weighted by Crippen LogP contribution is -2.02. The molecule has 1 N–H and O–H groups in total. The lowest BCUT2D eigenvalue weighted by atomic mass is 10.1. The normalized spacial score (nSPS) is 10.5. The molecule has 0 bridgehead atoms. The van der Waals surface area contributed by atoms with Gasteiger partial charge in [0.05, 0.1) is 0 Å². The molecule has 0 aliphatic heterocycles. The van der Waals surface area contributed by atoms with Gasteiger partial charge >= 0.3 is 5.97 Å². The van der Waals surface area contributed by atoms with E-state index in [4.69, 9.17) is 5.11 Å². The van der Waals surface area contributed by atoms with E-state index in [2.05, 4.69) is 0 Å². The maximum Gasteiger partial charge on any atom is 0.352 e. The van der Waals surface area contributed by atoms with Gasteiger partial charge in [-0.2, -0.15) is 0 Å². The van der Waals surface area contributed by atoms with Crippen molar-refractivity contribution in [3.63, 3.8) is 0 Å². The van der Waals surface area contributed by atoms with Crippen LogP contribution in [-0.4, -0.2) is 15.6 Å². The van der Waals surface area contributed by atoms with Crippen molar-refractivity contribution in [3.05, 3.63) is 47.8 Å². The third-order valence-corrected chi connectivity index (χ3v) is 2.42. The van der Waals surface area contributed by atoms with Gasteiger partial charge < -0.3 is 9.67 Å². The topological polar surface area (TPSA) is 42.2 Å². The average molecular weight is 237 g/mol. The van der Waals surface area contributed by atoms with Crippen LogP contribution in [0.15, 0.2) is 30.5 Å². The van der Waals surface area contributed by atoms with E-state index in [1.165, 1.54) is 16.8 Å². The fourth-order valence-electron chi connectivity index (χ4n) is 1.66. The number of benzene rings is 1. The van der Waals surface area contributed by atoms with E-state index in [0.29, 0.717) is 11.1 Å². The third-order valence-electron chi connectivity index (χ3n) is 2.42. The predicted molar refractivity (Wildman–Crippen MR) is 57.7 cm³/mol. The van der Waals surface area contributed by atoms with E-state index in [-0.39, 0.29) is 5.69 Å². The number of halogens is 2. The van der Waals surface area contributed by atoms with Gasteiger partial charge in [0.2, 0.25) is 0 Å². The molecule has 17 heavy (non-hydrogen) atoms. The quantitative estimate of drug-likeness (QED) is 0.872. The Morgan fingerprint density at radius 3 is 2.18 bits per heavy atom. The molecule has 0 saturated heterocycles. The van der Waals surface area contributed by atoms with Crippen LogP contribution in [0.4, 0.5) is 8.78 Å². The van der Waals surface area contributed by atoms with Gasteiger partial charge in [-0.15, -0.1) is 0 Å². The molecular formula is C12H9F2NO2. The fraction of sp³-hybridized carbons (Fsp3) is 0.0833. The zero-order valence-corrected chi connectivity index (χ0v) is 8.95. The molecule has 2 aromatic rings. The average Bonchev–Trinajstić information content (AvgIpc) is 2.59. The first kappa shape index (κ1) is 11.3. The Morgan fingerprint density at radius 1 is 1.12 bits per heavy atom. The molecule has 3 nitrogen and oxygen atoms in total. The highest BCUT2D eigenvalue weighted by Gasteiger charge is 2.12. The van der Waals surface area contributed by atoms with Crippen LogP contribution in [0.2, 0.25) is 0 Å². The van der Waals surface area contributed by atoms with Gasteiger partial charge in [-0.05, 0) is 23.8 Å². The van der Waals surface area contributed by atoms with Crippen molar-refractivity contribution in [2.75, 3.05) is 0 Å². The Balaban J connectivity index is 2.53. The highest BCUT2D eigenvalue weighted by molar-refractivity contribution is 5.88. The van der Waals surface area contributed by atoms with Gasteiger partial charge in [-0.3, -0.25) is 0 Å². The lowest BCUT2D eigenvalue weighted by Gasteiger charge is -1.98. The van der Waals surface area contributed by atoms with Gasteiger partial charge in [0.15, 0.2) is 0 Å². The number of nitrogens with zero attached hydrogens (tertiary/aromatic N) is 1. The molecule has 0 radical (unpaired) electrons. The number of aryl methyl sites for hydroxylation is 1. The van der Waals surface area contributed by atoms with Gasteiger partial charge in [-0.1, -0.05) is 0 Å². The molecule has 5 heteroatoms. The molecule has 0 saturated carbocycles. The van der Waals surface area contributed by atoms with E-state index in [1.807, 2.05) is 0 Å². The number of hydrogen-bond donors (Lipinski definition) is 1. The standard InChI is InChI=1S/C12H9F2NO2/c1-15-6-8(4-11(15)12(16)17)7-2-9(13)5-10(14)3-7/h2-6H,1H3,(H,16,17). The number of rotatable bonds is 2. The minimum Gasteiger partial charge on any atom is -0.477 e. The zero-order valence-electron chi connectivity index (χ0n) is 8.95. The molecular weight excluding hydrogens is 228 g/mol. The highest BCUT2D eigenvalue weighted by atomic mass is 19.1. The van der Waals surface area contributed by atoms with Crippen LogP contribution in [0, 0.1) is 11.6 Å². The number of aromatic nitrogens is 1. The molecule has 0 aliphatic rings. The van der Waals surface area contributed by atoms with Crippen LogP contribution < -0.4 is 0 Å². The lowest BCUT2D eigenvalue weighted by molar-refractivity contribution is 0.0686. The Bertz CT molecular complexity index is 570. The molecule has 0 aliphatic carbocycles. The van der Waals surface area contributed by atoms with Crippen LogP contribution in [0.25, 0.3) is 11.1 Å². The predicted octanol–water partition coefficient (Wildman–Crippen LogP) is 2.67. The first-order chi connectivity index (χ1) is 7.97. The van der Waals surface area contributed by atoms with Crippen LogP contribution >= 0.6 is 0 Å². The van der Waals surface area contributed by atoms with Gasteiger partial charge in [-0.25, -0.2) is 13.6 Å². The van der Waals surface area contributed by atoms with Crippen molar-refractivity contribution < 1.29 is 18.7 Å². The largest absolute Gasteiger partial charge is 0.477 e. The van der Waals surface area contributed by atoms with Crippen molar-refractivity contribution in [2.45, 2.75) is 0 Å². The zero-order chi connectivity index (χ0) is 12.6. The summed E-state index contributed by atoms with van der Waals surface area (Å²) in [5.74, 6) is -2.47. The second kappa shape index (κ2) is 4.01. The molecule has 2 rings (SSSR count). The molecule has 1 aromatic carbocycles. The smallest absolute Gasteiger partial charge is 0.352 e. The Morgan fingerprint density at radius 2 is 1.71 bits per heavy atom. The monoisotopic (exact) mass is 237 g/mol. The van der Waals surface area contributed by atoms with Crippen molar-refractivity contribution >= 4 is 5.97 Å². The fourth-order valence-corrected chi connectivity index (χ4v) is 1.66. The summed E-state index contributed by atoms with van der Waals surface area (Å²) in [6.45, 7) is 0. The summed E-state index contributed by atoms with van der Waals surface area (Å²) in [6, 6.07) is 4.45. The summed E-state index contributed by atoms with van der Waals surface area (Å²) >= 11 is 0. The van der Waals surface area contributed by atoms with E-state index >= 15 is 0 Å². The molecule has 0 unspecified atom stereocenters. The second-order valence-corrected chi connectivity index (χ2v) is 3.69. The maximum atomic E-state index is 13.0. The Kier molecular flexibility index (Phi) is 2.67. The van der Waals surface area contributed by atoms with E-state index in [0.717, 1.165) is 18.2 Å². The van der Waals surface area contributed by atoms with Gasteiger partial charge in [0.1, 0.15) is 17.3 Å². The Labute approximate surface area is 95.9 Å². The molecule has 0 amide bonds. The van der Waals surface area contributed by atoms with Gasteiger partial charge in [0.25, 0.3) is 0 Å². The number of carboxylic acids is 1. The molecule has 88 valence electrons. The first-order valence-corrected chi connectivity index (χ1v) is 4.83. The van der Waals surface area contributed by atoms with Crippen LogP contribution in [-0.2, 0) is 7.05 Å². The minimum atomic E-state index is -1.09. The molecule has 1 heterocycles. The summed E-state index contributed by atoms with van der Waals surface area (Å²) in [5, 5.41) is 8.87. The van der Waals surface area contributed by atoms with Crippen molar-refractivity contribution in [1.82, 2.24) is 4.57 Å². The van der Waals surface area contributed by atoms with Crippen molar-refractivity contribution in [3.8, 4) is 11.1 Å². The molecule has 1 aromatic heterocycles. The number of carboxylic acid groups (broad SMARTS) is 1. The van der Waals surface area contributed by atoms with Crippen molar-refractivity contribution in [1.29, 1.82) is 0 Å². The summed E-state index contributed by atoms with van der Waals surface area (Å²) in [5.41, 5.74) is 0.832. The first-order valence-electron chi connectivity index (χ1n) is 4.83. The number of aromatic carboxylic acids is 1. The van der Waals surface area contributed by atoms with Crippen LogP contribution in [0.3, 0.4) is 0 Å². The van der Waals surface area contributed by atoms with E-state index < -0.39 is 17.6 Å². The third kappa shape index (κ3) is 2.18.